The number of carbonyl (C=O) groups excluding carboxylic acids is 1. The number of aromatic nitrogens is 3. The number of carbonyl (C=O) groups is 1. The van der Waals surface area contributed by atoms with E-state index in [2.05, 4.69) is 25.4 Å². The zero-order valence-corrected chi connectivity index (χ0v) is 22.5. The molecule has 1 fully saturated rings. The van der Waals surface area contributed by atoms with Gasteiger partial charge in [-0.2, -0.15) is 5.10 Å². The molecule has 1 aliphatic heterocycles. The molecule has 0 spiro atoms. The number of pyridine rings is 1. The molecule has 11 heteroatoms. The van der Waals surface area contributed by atoms with Crippen LogP contribution in [0.5, 0.6) is 0 Å². The van der Waals surface area contributed by atoms with E-state index in [1.165, 1.54) is 30.8 Å². The normalized spacial score (nSPS) is 14.7. The number of benzene rings is 2. The molecule has 2 N–H and O–H groups in total. The Morgan fingerprint density at radius 3 is 2.54 bits per heavy atom. The number of hydrogen-bond donors (Lipinski definition) is 2. The fraction of sp³-hybridized carbons (Fsp3) is 0.321. The molecule has 5 rings (SSSR count). The van der Waals surface area contributed by atoms with Crippen LogP contribution in [0.2, 0.25) is 0 Å². The van der Waals surface area contributed by atoms with Crippen LogP contribution in [0.3, 0.4) is 0 Å². The van der Waals surface area contributed by atoms with Gasteiger partial charge in [-0.1, -0.05) is 12.5 Å². The van der Waals surface area contributed by atoms with E-state index in [1.807, 2.05) is 0 Å². The Hall–Kier alpha value is -3.70. The summed E-state index contributed by atoms with van der Waals surface area (Å²) in [7, 11) is -3.54. The number of piperidine rings is 1. The Bertz CT molecular complexity index is 1630. The maximum atomic E-state index is 14.9. The highest BCUT2D eigenvalue weighted by atomic mass is 32.2. The molecule has 0 aliphatic carbocycles. The van der Waals surface area contributed by atoms with Crippen LogP contribution in [-0.2, 0) is 16.4 Å². The maximum absolute atomic E-state index is 14.9. The van der Waals surface area contributed by atoms with Crippen LogP contribution in [-0.4, -0.2) is 52.7 Å². The van der Waals surface area contributed by atoms with Crippen molar-refractivity contribution in [1.82, 2.24) is 20.1 Å². The third-order valence-corrected chi connectivity index (χ3v) is 9.00. The first-order valence-electron chi connectivity index (χ1n) is 12.8. The highest BCUT2D eigenvalue weighted by Crippen LogP contribution is 2.31. The first kappa shape index (κ1) is 26.9. The van der Waals surface area contributed by atoms with Crippen molar-refractivity contribution in [3.8, 4) is 11.1 Å². The summed E-state index contributed by atoms with van der Waals surface area (Å²) in [6.07, 6.45) is 4.63. The van der Waals surface area contributed by atoms with Crippen molar-refractivity contribution < 1.29 is 22.0 Å². The summed E-state index contributed by atoms with van der Waals surface area (Å²) < 4.78 is 54.1. The standard InChI is InChI=1S/C28H29F2N5O3S/c1-17(2)39(37,38)25-9-7-20(15-31-25)32-28(36)27-22-14-19(6-8-24(22)33-34-27)21-12-18(13-23(29)26(21)30)16-35-10-4-3-5-11-35/h6-9,12-15,17H,3-5,10-11,16H2,1-2H3,(H,32,36)(H,33,34). The number of H-pyrrole nitrogens is 1. The second-order valence-electron chi connectivity index (χ2n) is 10.0. The Morgan fingerprint density at radius 1 is 1.08 bits per heavy atom. The number of anilines is 1. The minimum atomic E-state index is -3.54. The van der Waals surface area contributed by atoms with Gasteiger partial charge in [0.15, 0.2) is 32.2 Å². The molecule has 2 aromatic carbocycles. The number of sulfone groups is 1. The third-order valence-electron chi connectivity index (χ3n) is 6.94. The molecule has 4 aromatic rings. The molecule has 8 nitrogen and oxygen atoms in total. The Labute approximate surface area is 225 Å². The van der Waals surface area contributed by atoms with Crippen molar-refractivity contribution >= 4 is 32.3 Å². The number of hydrogen-bond acceptors (Lipinski definition) is 6. The highest BCUT2D eigenvalue weighted by Gasteiger charge is 2.22. The van der Waals surface area contributed by atoms with Gasteiger partial charge in [0, 0.05) is 17.5 Å². The smallest absolute Gasteiger partial charge is 0.276 e. The van der Waals surface area contributed by atoms with Gasteiger partial charge in [0.25, 0.3) is 5.91 Å². The van der Waals surface area contributed by atoms with E-state index < -0.39 is 32.6 Å². The molecule has 204 valence electrons. The van der Waals surface area contributed by atoms with Gasteiger partial charge in [0.2, 0.25) is 0 Å². The number of nitrogens with one attached hydrogen (secondary N) is 2. The molecule has 0 saturated carbocycles. The summed E-state index contributed by atoms with van der Waals surface area (Å²) in [4.78, 5) is 19.3. The molecule has 2 aromatic heterocycles. The lowest BCUT2D eigenvalue weighted by Gasteiger charge is -2.26. The minimum Gasteiger partial charge on any atom is -0.319 e. The SMILES string of the molecule is CC(C)S(=O)(=O)c1ccc(NC(=O)c2n[nH]c3ccc(-c4cc(CN5CCCCC5)cc(F)c4F)cc23)cn1. The van der Waals surface area contributed by atoms with E-state index in [9.17, 15) is 22.0 Å². The van der Waals surface area contributed by atoms with Crippen LogP contribution < -0.4 is 5.32 Å². The number of halogens is 2. The monoisotopic (exact) mass is 553 g/mol. The molecule has 0 atom stereocenters. The second kappa shape index (κ2) is 10.8. The predicted octanol–water partition coefficient (Wildman–Crippen LogP) is 5.32. The van der Waals surface area contributed by atoms with E-state index in [0.29, 0.717) is 28.6 Å². The molecular weight excluding hydrogens is 524 g/mol. The number of likely N-dealkylation sites (tertiary alicyclic amines) is 1. The van der Waals surface area contributed by atoms with Crippen LogP contribution in [0.1, 0.15) is 49.2 Å². The third kappa shape index (κ3) is 5.55. The van der Waals surface area contributed by atoms with Crippen molar-refractivity contribution in [2.75, 3.05) is 18.4 Å². The van der Waals surface area contributed by atoms with Crippen molar-refractivity contribution in [2.45, 2.75) is 49.9 Å². The summed E-state index contributed by atoms with van der Waals surface area (Å²) in [6.45, 7) is 5.53. The lowest BCUT2D eigenvalue weighted by Crippen LogP contribution is -2.29. The van der Waals surface area contributed by atoms with Crippen molar-refractivity contribution in [3.05, 3.63) is 71.6 Å². The van der Waals surface area contributed by atoms with E-state index >= 15 is 0 Å². The van der Waals surface area contributed by atoms with Crippen LogP contribution >= 0.6 is 0 Å². The van der Waals surface area contributed by atoms with Crippen molar-refractivity contribution in [3.63, 3.8) is 0 Å². The Kier molecular flexibility index (Phi) is 7.46. The largest absolute Gasteiger partial charge is 0.319 e. The number of aromatic amines is 1. The van der Waals surface area contributed by atoms with E-state index in [1.54, 1.807) is 38.1 Å². The van der Waals surface area contributed by atoms with Gasteiger partial charge in [-0.25, -0.2) is 22.2 Å². The van der Waals surface area contributed by atoms with Crippen LogP contribution in [0.25, 0.3) is 22.0 Å². The number of rotatable bonds is 7. The molecule has 0 radical (unpaired) electrons. The van der Waals surface area contributed by atoms with E-state index in [0.717, 1.165) is 25.9 Å². The first-order valence-corrected chi connectivity index (χ1v) is 14.4. The molecule has 0 unspecified atom stereocenters. The number of amides is 1. The van der Waals surface area contributed by atoms with E-state index in [4.69, 9.17) is 0 Å². The van der Waals surface area contributed by atoms with Gasteiger partial charge in [0.1, 0.15) is 0 Å². The lowest BCUT2D eigenvalue weighted by atomic mass is 9.99. The van der Waals surface area contributed by atoms with Gasteiger partial charge < -0.3 is 5.32 Å². The Balaban J connectivity index is 1.42. The molecule has 3 heterocycles. The molecular formula is C28H29F2N5O3S. The molecule has 1 aliphatic rings. The number of fused-ring (bicyclic) bond motifs is 1. The predicted molar refractivity (Wildman–Crippen MR) is 145 cm³/mol. The van der Waals surface area contributed by atoms with Crippen LogP contribution in [0, 0.1) is 11.6 Å². The summed E-state index contributed by atoms with van der Waals surface area (Å²) in [5.74, 6) is -2.43. The lowest BCUT2D eigenvalue weighted by molar-refractivity contribution is 0.102. The summed E-state index contributed by atoms with van der Waals surface area (Å²) in [5.41, 5.74) is 2.10. The van der Waals surface area contributed by atoms with Gasteiger partial charge in [-0.3, -0.25) is 14.8 Å². The van der Waals surface area contributed by atoms with Gasteiger partial charge >= 0.3 is 0 Å². The van der Waals surface area contributed by atoms with Gasteiger partial charge in [-0.05, 0) is 87.3 Å². The molecule has 1 amide bonds. The van der Waals surface area contributed by atoms with Crippen LogP contribution in [0.15, 0.2) is 53.7 Å². The van der Waals surface area contributed by atoms with Crippen molar-refractivity contribution in [2.24, 2.45) is 0 Å². The van der Waals surface area contributed by atoms with Gasteiger partial charge in [0.05, 0.1) is 22.7 Å². The van der Waals surface area contributed by atoms with Crippen LogP contribution in [0.4, 0.5) is 14.5 Å². The Morgan fingerprint density at radius 2 is 1.85 bits per heavy atom. The average molecular weight is 554 g/mol. The van der Waals surface area contributed by atoms with E-state index in [-0.39, 0.29) is 22.0 Å². The summed E-state index contributed by atoms with van der Waals surface area (Å²) >= 11 is 0. The van der Waals surface area contributed by atoms with Crippen molar-refractivity contribution in [1.29, 1.82) is 0 Å². The average Bonchev–Trinajstić information content (AvgIpc) is 3.35. The molecule has 39 heavy (non-hydrogen) atoms. The second-order valence-corrected chi connectivity index (χ2v) is 12.5. The first-order chi connectivity index (χ1) is 18.6. The van der Waals surface area contributed by atoms with Gasteiger partial charge in [-0.15, -0.1) is 0 Å². The molecule has 0 bridgehead atoms. The fourth-order valence-electron chi connectivity index (χ4n) is 4.73. The fourth-order valence-corrected chi connectivity index (χ4v) is 5.67. The molecule has 1 saturated heterocycles. The summed E-state index contributed by atoms with van der Waals surface area (Å²) in [5, 5.41) is 9.28. The minimum absolute atomic E-state index is 0.0519. The number of nitrogens with zero attached hydrogens (tertiary/aromatic N) is 3. The quantitative estimate of drug-likeness (QED) is 0.321. The zero-order chi connectivity index (χ0) is 27.7. The summed E-state index contributed by atoms with van der Waals surface area (Å²) in [6, 6.07) is 10.6. The zero-order valence-electron chi connectivity index (χ0n) is 21.7. The maximum Gasteiger partial charge on any atom is 0.276 e. The highest BCUT2D eigenvalue weighted by molar-refractivity contribution is 7.91. The topological polar surface area (TPSA) is 108 Å².